The van der Waals surface area contributed by atoms with Crippen LogP contribution in [0.4, 0.5) is 0 Å². The Kier molecular flexibility index (Phi) is 4.51. The zero-order valence-electron chi connectivity index (χ0n) is 14.1. The molecular formula is C18H22N2O5. The molecule has 0 bridgehead atoms. The second kappa shape index (κ2) is 6.48. The van der Waals surface area contributed by atoms with Gasteiger partial charge in [0.1, 0.15) is 0 Å². The quantitative estimate of drug-likeness (QED) is 0.852. The molecular weight excluding hydrogens is 324 g/mol. The number of hydrogen-bond acceptors (Lipinski definition) is 4. The number of hydrogen-bond donors (Lipinski definition) is 2. The molecule has 134 valence electrons. The molecule has 7 heteroatoms. The van der Waals surface area contributed by atoms with Crippen molar-refractivity contribution in [2.45, 2.75) is 31.3 Å². The van der Waals surface area contributed by atoms with Crippen LogP contribution in [-0.2, 0) is 16.1 Å². The Morgan fingerprint density at radius 1 is 1.16 bits per heavy atom. The minimum absolute atomic E-state index is 0.0858. The first-order valence-electron chi connectivity index (χ1n) is 8.37. The van der Waals surface area contributed by atoms with Gasteiger partial charge in [0.15, 0.2) is 0 Å². The monoisotopic (exact) mass is 346 g/mol. The number of benzene rings is 1. The number of aromatic carboxylic acids is 1. The molecule has 0 saturated carbocycles. The van der Waals surface area contributed by atoms with Crippen LogP contribution in [0.5, 0.6) is 0 Å². The van der Waals surface area contributed by atoms with Crippen molar-refractivity contribution < 1.29 is 24.6 Å². The molecule has 2 N–H and O–H groups in total. The minimum Gasteiger partial charge on any atom is -0.481 e. The van der Waals surface area contributed by atoms with Crippen LogP contribution in [0.3, 0.4) is 0 Å². The predicted octanol–water partition coefficient (Wildman–Crippen LogP) is 1.28. The molecule has 2 heterocycles. The zero-order valence-corrected chi connectivity index (χ0v) is 14.1. The van der Waals surface area contributed by atoms with Gasteiger partial charge in [-0.25, -0.2) is 4.79 Å². The van der Waals surface area contributed by atoms with Gasteiger partial charge < -0.3 is 15.1 Å². The molecule has 0 radical (unpaired) electrons. The van der Waals surface area contributed by atoms with Crippen LogP contribution in [0.1, 0.15) is 35.2 Å². The molecule has 3 rings (SSSR count). The fourth-order valence-corrected chi connectivity index (χ4v) is 4.09. The van der Waals surface area contributed by atoms with Crippen molar-refractivity contribution in [3.8, 4) is 0 Å². The van der Waals surface area contributed by atoms with E-state index in [9.17, 15) is 19.5 Å². The van der Waals surface area contributed by atoms with Gasteiger partial charge in [-0.2, -0.15) is 0 Å². The van der Waals surface area contributed by atoms with E-state index in [1.54, 1.807) is 36.2 Å². The van der Waals surface area contributed by atoms with Crippen LogP contribution in [-0.4, -0.2) is 63.5 Å². The van der Waals surface area contributed by atoms with Crippen molar-refractivity contribution >= 4 is 17.8 Å². The molecule has 1 atom stereocenters. The fraction of sp³-hybridized carbons (Fsp3) is 0.500. The van der Waals surface area contributed by atoms with Crippen molar-refractivity contribution in [1.29, 1.82) is 0 Å². The summed E-state index contributed by atoms with van der Waals surface area (Å²) in [4.78, 5) is 38.4. The van der Waals surface area contributed by atoms with Crippen LogP contribution in [0.25, 0.3) is 0 Å². The molecule has 0 aromatic heterocycles. The van der Waals surface area contributed by atoms with Crippen molar-refractivity contribution in [2.24, 2.45) is 5.92 Å². The third kappa shape index (κ3) is 3.11. The number of piperidine rings is 1. The molecule has 1 spiro atoms. The van der Waals surface area contributed by atoms with E-state index in [0.717, 1.165) is 5.56 Å². The summed E-state index contributed by atoms with van der Waals surface area (Å²) in [6.45, 7) is 2.11. The van der Waals surface area contributed by atoms with Crippen molar-refractivity contribution in [2.75, 3.05) is 20.1 Å². The Morgan fingerprint density at radius 2 is 1.76 bits per heavy atom. The van der Waals surface area contributed by atoms with Gasteiger partial charge in [-0.1, -0.05) is 12.1 Å². The summed E-state index contributed by atoms with van der Waals surface area (Å²) in [5.41, 5.74) is 0.704. The molecule has 0 aliphatic carbocycles. The number of likely N-dealkylation sites (tertiary alicyclic amines) is 2. The van der Waals surface area contributed by atoms with E-state index in [1.807, 2.05) is 0 Å². The summed E-state index contributed by atoms with van der Waals surface area (Å²) in [6, 6.07) is 6.79. The van der Waals surface area contributed by atoms with Gasteiger partial charge in [-0.05, 0) is 30.5 Å². The van der Waals surface area contributed by atoms with Crippen LogP contribution in [0, 0.1) is 5.92 Å². The average molecular weight is 346 g/mol. The fourth-order valence-electron chi connectivity index (χ4n) is 4.09. The van der Waals surface area contributed by atoms with Gasteiger partial charge in [-0.3, -0.25) is 14.5 Å². The standard InChI is InChI=1S/C18H22N2O5/c1-19-15(21)10-14(17(24)25)18(19)6-8-20(9-7-18)11-12-2-4-13(5-3-12)16(22)23/h2-5,14H,6-11H2,1H3,(H,22,23)(H,24,25)/t14-/m1/s1. The molecule has 1 aromatic rings. The number of amides is 1. The van der Waals surface area contributed by atoms with E-state index in [-0.39, 0.29) is 17.9 Å². The van der Waals surface area contributed by atoms with Gasteiger partial charge in [-0.15, -0.1) is 0 Å². The highest BCUT2D eigenvalue weighted by Gasteiger charge is 2.55. The number of rotatable bonds is 4. The lowest BCUT2D eigenvalue weighted by molar-refractivity contribution is -0.146. The number of aliphatic carboxylic acids is 1. The van der Waals surface area contributed by atoms with Gasteiger partial charge in [0, 0.05) is 33.1 Å². The third-order valence-electron chi connectivity index (χ3n) is 5.70. The van der Waals surface area contributed by atoms with E-state index in [0.29, 0.717) is 32.5 Å². The van der Waals surface area contributed by atoms with Crippen LogP contribution >= 0.6 is 0 Å². The lowest BCUT2D eigenvalue weighted by Crippen LogP contribution is -2.55. The highest BCUT2D eigenvalue weighted by Crippen LogP contribution is 2.42. The summed E-state index contributed by atoms with van der Waals surface area (Å²) in [5.74, 6) is -2.57. The van der Waals surface area contributed by atoms with Crippen molar-refractivity contribution in [3.05, 3.63) is 35.4 Å². The van der Waals surface area contributed by atoms with Crippen LogP contribution in [0.15, 0.2) is 24.3 Å². The lowest BCUT2D eigenvalue weighted by atomic mass is 9.77. The van der Waals surface area contributed by atoms with Crippen molar-refractivity contribution in [3.63, 3.8) is 0 Å². The summed E-state index contributed by atoms with van der Waals surface area (Å²) in [6.07, 6.45) is 1.36. The number of nitrogens with zero attached hydrogens (tertiary/aromatic N) is 2. The average Bonchev–Trinajstić information content (AvgIpc) is 2.83. The molecule has 25 heavy (non-hydrogen) atoms. The minimum atomic E-state index is -0.944. The maximum Gasteiger partial charge on any atom is 0.335 e. The summed E-state index contributed by atoms with van der Waals surface area (Å²) < 4.78 is 0. The summed E-state index contributed by atoms with van der Waals surface area (Å²) in [5, 5.41) is 18.4. The maximum atomic E-state index is 12.0. The van der Waals surface area contributed by atoms with Gasteiger partial charge in [0.25, 0.3) is 0 Å². The summed E-state index contributed by atoms with van der Waals surface area (Å²) >= 11 is 0. The molecule has 2 aliphatic heterocycles. The molecule has 1 aromatic carbocycles. The Hall–Kier alpha value is -2.41. The predicted molar refractivity (Wildman–Crippen MR) is 89.2 cm³/mol. The largest absolute Gasteiger partial charge is 0.481 e. The number of carbonyl (C=O) groups excluding carboxylic acids is 1. The van der Waals surface area contributed by atoms with Crippen molar-refractivity contribution in [1.82, 2.24) is 9.80 Å². The van der Waals surface area contributed by atoms with E-state index < -0.39 is 23.4 Å². The van der Waals surface area contributed by atoms with Gasteiger partial charge in [0.2, 0.25) is 5.91 Å². The second-order valence-corrected chi connectivity index (χ2v) is 6.93. The van der Waals surface area contributed by atoms with E-state index in [1.165, 1.54) is 0 Å². The van der Waals surface area contributed by atoms with Gasteiger partial charge >= 0.3 is 11.9 Å². The van der Waals surface area contributed by atoms with E-state index in [2.05, 4.69) is 4.90 Å². The lowest BCUT2D eigenvalue weighted by Gasteiger charge is -2.45. The molecule has 2 saturated heterocycles. The maximum absolute atomic E-state index is 12.0. The number of carbonyl (C=O) groups is 3. The molecule has 2 aliphatic rings. The van der Waals surface area contributed by atoms with Gasteiger partial charge in [0.05, 0.1) is 17.0 Å². The Bertz CT molecular complexity index is 692. The topological polar surface area (TPSA) is 98.2 Å². The summed E-state index contributed by atoms with van der Waals surface area (Å²) in [7, 11) is 1.71. The first-order chi connectivity index (χ1) is 11.8. The first-order valence-corrected chi connectivity index (χ1v) is 8.37. The Labute approximate surface area is 145 Å². The third-order valence-corrected chi connectivity index (χ3v) is 5.70. The smallest absolute Gasteiger partial charge is 0.335 e. The zero-order chi connectivity index (χ0) is 18.2. The van der Waals surface area contributed by atoms with Crippen LogP contribution < -0.4 is 0 Å². The van der Waals surface area contributed by atoms with E-state index in [4.69, 9.17) is 5.11 Å². The number of carboxylic acids is 2. The van der Waals surface area contributed by atoms with E-state index >= 15 is 0 Å². The second-order valence-electron chi connectivity index (χ2n) is 6.93. The molecule has 0 unspecified atom stereocenters. The normalized spacial score (nSPS) is 23.2. The van der Waals surface area contributed by atoms with Crippen LogP contribution in [0.2, 0.25) is 0 Å². The molecule has 1 amide bonds. The highest BCUT2D eigenvalue weighted by molar-refractivity contribution is 5.88. The Morgan fingerprint density at radius 3 is 2.28 bits per heavy atom. The number of carboxylic acid groups (broad SMARTS) is 2. The first kappa shape index (κ1) is 17.4. The molecule has 7 nitrogen and oxygen atoms in total. The highest BCUT2D eigenvalue weighted by atomic mass is 16.4. The Balaban J connectivity index is 1.66. The SMILES string of the molecule is CN1C(=O)C[C@H](C(=O)O)C12CCN(Cc1ccc(C(=O)O)cc1)CC2. The molecule has 2 fully saturated rings.